The van der Waals surface area contributed by atoms with Gasteiger partial charge in [-0.05, 0) is 51.0 Å². The lowest BCUT2D eigenvalue weighted by molar-refractivity contribution is -0.274. The molecule has 1 heterocycles. The van der Waals surface area contributed by atoms with E-state index in [0.29, 0.717) is 22.8 Å². The zero-order valence-corrected chi connectivity index (χ0v) is 13.8. The van der Waals surface area contributed by atoms with Crippen LogP contribution in [0.25, 0.3) is 11.4 Å². The topological polar surface area (TPSA) is 53.4 Å². The Bertz CT molecular complexity index is 778. The molecule has 5 nitrogen and oxygen atoms in total. The highest BCUT2D eigenvalue weighted by Crippen LogP contribution is 2.41. The molecule has 0 atom stereocenters. The smallest absolute Gasteiger partial charge is 0.461 e. The fraction of sp³-hybridized carbons (Fsp3) is 0.412. The van der Waals surface area contributed by atoms with Crippen LogP contribution in [0.3, 0.4) is 0 Å². The molecule has 1 aliphatic carbocycles. The highest BCUT2D eigenvalue weighted by atomic mass is 19.4. The van der Waals surface area contributed by atoms with Crippen LogP contribution < -0.4 is 4.74 Å². The zero-order valence-electron chi connectivity index (χ0n) is 13.8. The first-order valence-electron chi connectivity index (χ1n) is 7.92. The molecule has 1 aromatic heterocycles. The number of nitrogens with zero attached hydrogens (tertiary/aromatic N) is 2. The van der Waals surface area contributed by atoms with Gasteiger partial charge >= 0.3 is 12.3 Å². The lowest BCUT2D eigenvalue weighted by Crippen LogP contribution is -2.17. The minimum Gasteiger partial charge on any atom is -0.461 e. The number of hydrogen-bond donors (Lipinski definition) is 0. The van der Waals surface area contributed by atoms with Crippen LogP contribution in [0.15, 0.2) is 24.3 Å². The maximum atomic E-state index is 12.3. The second-order valence-corrected chi connectivity index (χ2v) is 5.76. The number of ether oxygens (including phenoxy) is 2. The summed E-state index contributed by atoms with van der Waals surface area (Å²) in [6.45, 7) is 3.70. The maximum absolute atomic E-state index is 12.3. The molecule has 0 unspecified atom stereocenters. The van der Waals surface area contributed by atoms with Gasteiger partial charge in [0.2, 0.25) is 0 Å². The monoisotopic (exact) mass is 354 g/mol. The number of alkyl halides is 3. The molecule has 2 aromatic rings. The van der Waals surface area contributed by atoms with E-state index in [9.17, 15) is 18.0 Å². The first-order valence-corrected chi connectivity index (χ1v) is 7.92. The van der Waals surface area contributed by atoms with Gasteiger partial charge in [-0.25, -0.2) is 9.78 Å². The highest BCUT2D eigenvalue weighted by Gasteiger charge is 2.34. The summed E-state index contributed by atoms with van der Waals surface area (Å²) < 4.78 is 47.6. The van der Waals surface area contributed by atoms with Crippen molar-refractivity contribution in [3.63, 3.8) is 0 Å². The Hall–Kier alpha value is -2.51. The molecule has 0 saturated heterocycles. The van der Waals surface area contributed by atoms with Crippen LogP contribution in [-0.2, 0) is 4.74 Å². The molecule has 0 aliphatic heterocycles. The molecule has 134 valence electrons. The van der Waals surface area contributed by atoms with Gasteiger partial charge in [0, 0.05) is 11.6 Å². The predicted molar refractivity (Wildman–Crippen MR) is 83.3 cm³/mol. The van der Waals surface area contributed by atoms with Crippen LogP contribution in [0.1, 0.15) is 42.0 Å². The summed E-state index contributed by atoms with van der Waals surface area (Å²) in [6, 6.07) is 5.61. The number of imidazole rings is 1. The molecular weight excluding hydrogens is 337 g/mol. The number of aromatic nitrogens is 2. The van der Waals surface area contributed by atoms with Crippen molar-refractivity contribution < 1.29 is 27.4 Å². The molecule has 25 heavy (non-hydrogen) atoms. The van der Waals surface area contributed by atoms with E-state index >= 15 is 0 Å². The Balaban J connectivity index is 1.97. The van der Waals surface area contributed by atoms with E-state index in [1.165, 1.54) is 24.3 Å². The maximum Gasteiger partial charge on any atom is 0.573 e. The minimum atomic E-state index is -4.73. The van der Waals surface area contributed by atoms with E-state index in [4.69, 9.17) is 4.74 Å². The number of hydrogen-bond acceptors (Lipinski definition) is 4. The quantitative estimate of drug-likeness (QED) is 0.753. The number of halogens is 3. The van der Waals surface area contributed by atoms with Gasteiger partial charge in [-0.2, -0.15) is 0 Å². The molecule has 3 rings (SSSR count). The third-order valence-electron chi connectivity index (χ3n) is 3.81. The molecule has 0 spiro atoms. The van der Waals surface area contributed by atoms with Gasteiger partial charge in [0.25, 0.3) is 0 Å². The molecule has 8 heteroatoms. The second-order valence-electron chi connectivity index (χ2n) is 5.76. The lowest BCUT2D eigenvalue weighted by Gasteiger charge is -2.12. The van der Waals surface area contributed by atoms with Crippen LogP contribution in [-0.4, -0.2) is 28.5 Å². The summed E-state index contributed by atoms with van der Waals surface area (Å²) >= 11 is 0. The molecule has 1 fully saturated rings. The van der Waals surface area contributed by atoms with Gasteiger partial charge in [0.05, 0.1) is 12.3 Å². The Labute approximate surface area is 142 Å². The SMILES string of the molecule is CCOC(=O)c1c(C)nc(-c2ccc(OC(F)(F)F)cc2)n1C1CC1. The van der Waals surface area contributed by atoms with Crippen molar-refractivity contribution in [1.29, 1.82) is 0 Å². The Morgan fingerprint density at radius 1 is 1.28 bits per heavy atom. The van der Waals surface area contributed by atoms with Crippen LogP contribution in [0.2, 0.25) is 0 Å². The predicted octanol–water partition coefficient (Wildman–Crippen LogP) is 4.27. The van der Waals surface area contributed by atoms with Crippen molar-refractivity contribution in [1.82, 2.24) is 9.55 Å². The number of benzene rings is 1. The van der Waals surface area contributed by atoms with E-state index in [1.54, 1.807) is 13.8 Å². The van der Waals surface area contributed by atoms with E-state index in [-0.39, 0.29) is 18.4 Å². The van der Waals surface area contributed by atoms with E-state index < -0.39 is 12.3 Å². The first-order chi connectivity index (χ1) is 11.8. The van der Waals surface area contributed by atoms with Gasteiger partial charge in [-0.15, -0.1) is 13.2 Å². The fourth-order valence-electron chi connectivity index (χ4n) is 2.69. The van der Waals surface area contributed by atoms with E-state index in [1.807, 2.05) is 4.57 Å². The molecule has 1 saturated carbocycles. The Kier molecular flexibility index (Phi) is 4.45. The van der Waals surface area contributed by atoms with E-state index in [2.05, 4.69) is 9.72 Å². The van der Waals surface area contributed by atoms with Crippen molar-refractivity contribution in [2.75, 3.05) is 6.61 Å². The average molecular weight is 354 g/mol. The molecular formula is C17H17F3N2O3. The molecule has 1 aromatic carbocycles. The standard InChI is InChI=1S/C17H17F3N2O3/c1-3-24-16(23)14-10(2)21-15(22(14)12-6-7-12)11-4-8-13(9-5-11)25-17(18,19)20/h4-5,8-9,12H,3,6-7H2,1-2H3. The molecule has 0 N–H and O–H groups in total. The van der Waals surface area contributed by atoms with Crippen molar-refractivity contribution in [3.05, 3.63) is 35.7 Å². The van der Waals surface area contributed by atoms with Crippen LogP contribution in [0, 0.1) is 6.92 Å². The molecule has 1 aliphatic rings. The van der Waals surface area contributed by atoms with Crippen LogP contribution in [0.5, 0.6) is 5.75 Å². The summed E-state index contributed by atoms with van der Waals surface area (Å²) in [5.41, 5.74) is 1.55. The highest BCUT2D eigenvalue weighted by molar-refractivity contribution is 5.90. The Morgan fingerprint density at radius 2 is 1.92 bits per heavy atom. The van der Waals surface area contributed by atoms with Crippen LogP contribution in [0.4, 0.5) is 13.2 Å². The van der Waals surface area contributed by atoms with Gasteiger partial charge in [-0.1, -0.05) is 0 Å². The molecule has 0 radical (unpaired) electrons. The van der Waals surface area contributed by atoms with Gasteiger partial charge < -0.3 is 14.0 Å². The van der Waals surface area contributed by atoms with Crippen molar-refractivity contribution in [2.45, 2.75) is 39.1 Å². The number of aryl methyl sites for hydroxylation is 1. The summed E-state index contributed by atoms with van der Waals surface area (Å²) in [5, 5.41) is 0. The lowest BCUT2D eigenvalue weighted by atomic mass is 10.2. The normalized spacial score (nSPS) is 14.4. The van der Waals surface area contributed by atoms with Crippen molar-refractivity contribution >= 4 is 5.97 Å². The number of esters is 1. The van der Waals surface area contributed by atoms with Gasteiger partial charge in [0.1, 0.15) is 11.6 Å². The second kappa shape index (κ2) is 6.42. The zero-order chi connectivity index (χ0) is 18.2. The summed E-state index contributed by atoms with van der Waals surface area (Å²) in [5.74, 6) is -0.201. The third kappa shape index (κ3) is 3.78. The van der Waals surface area contributed by atoms with Crippen LogP contribution >= 0.6 is 0 Å². The average Bonchev–Trinajstić information content (AvgIpc) is 3.29. The molecule has 0 amide bonds. The minimum absolute atomic E-state index is 0.154. The largest absolute Gasteiger partial charge is 0.573 e. The number of carbonyl (C=O) groups is 1. The third-order valence-corrected chi connectivity index (χ3v) is 3.81. The van der Waals surface area contributed by atoms with Crippen molar-refractivity contribution in [2.24, 2.45) is 0 Å². The van der Waals surface area contributed by atoms with Gasteiger partial charge in [0.15, 0.2) is 5.69 Å². The Morgan fingerprint density at radius 3 is 2.44 bits per heavy atom. The fourth-order valence-corrected chi connectivity index (χ4v) is 2.69. The van der Waals surface area contributed by atoms with Gasteiger partial charge in [-0.3, -0.25) is 0 Å². The molecule has 0 bridgehead atoms. The van der Waals surface area contributed by atoms with E-state index in [0.717, 1.165) is 12.8 Å². The summed E-state index contributed by atoms with van der Waals surface area (Å²) in [6.07, 6.45) is -2.89. The number of rotatable bonds is 5. The number of carbonyl (C=O) groups excluding carboxylic acids is 1. The summed E-state index contributed by atoms with van der Waals surface area (Å²) in [7, 11) is 0. The summed E-state index contributed by atoms with van der Waals surface area (Å²) in [4.78, 5) is 16.7. The van der Waals surface area contributed by atoms with Crippen molar-refractivity contribution in [3.8, 4) is 17.1 Å². The first kappa shape index (κ1) is 17.3.